The summed E-state index contributed by atoms with van der Waals surface area (Å²) in [6.45, 7) is 0.0507. The second kappa shape index (κ2) is 7.48. The van der Waals surface area contributed by atoms with Crippen molar-refractivity contribution < 1.29 is 18.9 Å². The number of pyridine rings is 1. The van der Waals surface area contributed by atoms with Crippen LogP contribution >= 0.6 is 47.8 Å². The molecule has 22 heavy (non-hydrogen) atoms. The van der Waals surface area contributed by atoms with E-state index >= 15 is 0 Å². The van der Waals surface area contributed by atoms with E-state index in [-0.39, 0.29) is 18.0 Å². The van der Waals surface area contributed by atoms with E-state index in [1.165, 1.54) is 0 Å². The molecule has 0 saturated heterocycles. The van der Waals surface area contributed by atoms with Crippen molar-refractivity contribution in [2.75, 3.05) is 0 Å². The van der Waals surface area contributed by atoms with Gasteiger partial charge in [0.05, 0.1) is 0 Å². The topological polar surface area (TPSA) is 47.2 Å². The highest BCUT2D eigenvalue weighted by Gasteiger charge is 2.30. The molecule has 4 nitrogen and oxygen atoms in total. The first kappa shape index (κ1) is 17.3. The molecule has 0 aliphatic carbocycles. The van der Waals surface area contributed by atoms with Crippen LogP contribution in [0.3, 0.4) is 0 Å². The summed E-state index contributed by atoms with van der Waals surface area (Å²) in [5, 5.41) is 0. The van der Waals surface area contributed by atoms with Gasteiger partial charge in [-0.3, -0.25) is 4.79 Å². The zero-order valence-corrected chi connectivity index (χ0v) is 16.0. The normalized spacial score (nSPS) is 11.0. The molecule has 0 aliphatic rings. The van der Waals surface area contributed by atoms with Crippen LogP contribution in [-0.4, -0.2) is 14.1 Å². The number of alkyl halides is 3. The lowest BCUT2D eigenvalue weighted by Crippen LogP contribution is -2.44. The predicted molar refractivity (Wildman–Crippen MR) is 92.3 cm³/mol. The Kier molecular flexibility index (Phi) is 5.88. The summed E-state index contributed by atoms with van der Waals surface area (Å²) in [7, 11) is 0. The van der Waals surface area contributed by atoms with Gasteiger partial charge in [-0.1, -0.05) is 30.3 Å². The number of halogens is 3. The molecule has 0 spiro atoms. The first-order valence-corrected chi connectivity index (χ1v) is 8.61. The maximum atomic E-state index is 12.3. The largest absolute Gasteiger partial charge is 0.419 e. The number of Topliss-reactive ketones (excluding diaryl/α,β-unsaturated/α-hetero) is 1. The van der Waals surface area contributed by atoms with Crippen LogP contribution in [0, 0.1) is 0 Å². The highest BCUT2D eigenvalue weighted by molar-refractivity contribution is 9.39. The summed E-state index contributed by atoms with van der Waals surface area (Å²) in [6.07, 6.45) is 1.66. The molecule has 1 heterocycles. The maximum Gasteiger partial charge on any atom is 0.406 e. The van der Waals surface area contributed by atoms with E-state index in [1.54, 1.807) is 53.2 Å². The number of nitrogens with zero attached hydrogens (tertiary/aromatic N) is 1. The molecule has 1 aromatic carbocycles. The van der Waals surface area contributed by atoms with Gasteiger partial charge < -0.3 is 4.74 Å². The number of carbonyl (C=O) groups excluding carboxylic acids is 2. The van der Waals surface area contributed by atoms with E-state index in [4.69, 9.17) is 4.74 Å². The van der Waals surface area contributed by atoms with E-state index in [1.807, 2.05) is 6.07 Å². The summed E-state index contributed by atoms with van der Waals surface area (Å²) < 4.78 is 5.54. The molecular weight excluding hydrogens is 482 g/mol. The van der Waals surface area contributed by atoms with Crippen LogP contribution in [0.15, 0.2) is 54.7 Å². The lowest BCUT2D eigenvalue weighted by atomic mass is 10.1. The fourth-order valence-electron chi connectivity index (χ4n) is 1.83. The Balaban J connectivity index is 2.22. The first-order chi connectivity index (χ1) is 10.4. The van der Waals surface area contributed by atoms with Crippen molar-refractivity contribution in [2.45, 2.75) is 8.87 Å². The van der Waals surface area contributed by atoms with E-state index in [2.05, 4.69) is 47.8 Å². The Morgan fingerprint density at radius 2 is 1.64 bits per heavy atom. The second-order valence-corrected chi connectivity index (χ2v) is 10.9. The number of ketones is 1. The van der Waals surface area contributed by atoms with Crippen molar-refractivity contribution >= 4 is 59.5 Å². The molecule has 0 atom stereocenters. The zero-order chi connectivity index (χ0) is 16.2. The molecule has 0 unspecified atom stereocenters. The van der Waals surface area contributed by atoms with Crippen LogP contribution in [0.4, 0.5) is 0 Å². The Morgan fingerprint density at radius 1 is 1.00 bits per heavy atom. The third-order valence-electron chi connectivity index (χ3n) is 2.77. The van der Waals surface area contributed by atoms with Gasteiger partial charge >= 0.3 is 5.97 Å². The molecule has 0 bridgehead atoms. The quantitative estimate of drug-likeness (QED) is 0.282. The zero-order valence-electron chi connectivity index (χ0n) is 11.2. The van der Waals surface area contributed by atoms with Gasteiger partial charge in [-0.15, -0.1) is 0 Å². The minimum Gasteiger partial charge on any atom is -0.419 e. The minimum absolute atomic E-state index is 0.0507. The Bertz CT molecular complexity index is 684. The van der Waals surface area contributed by atoms with Crippen LogP contribution in [-0.2, 0) is 11.3 Å². The van der Waals surface area contributed by atoms with Gasteiger partial charge in [0.1, 0.15) is 0 Å². The molecule has 2 aromatic rings. The SMILES string of the molecule is O=C(C[n+]1ccccc1C(=O)OC(Br)(Br)Br)c1ccccc1. The molecule has 0 aliphatic heterocycles. The Morgan fingerprint density at radius 3 is 2.27 bits per heavy atom. The number of benzene rings is 1. The standard InChI is InChI=1S/C15H11Br3NO3/c16-15(17,18)22-14(21)12-8-4-5-9-19(12)10-13(20)11-6-2-1-3-7-11/h1-9H,10H2/q+1. The summed E-state index contributed by atoms with van der Waals surface area (Å²) in [5.74, 6) is -0.666. The molecule has 0 amide bonds. The van der Waals surface area contributed by atoms with Crippen LogP contribution in [0.1, 0.15) is 20.8 Å². The molecule has 0 radical (unpaired) electrons. The number of rotatable bonds is 4. The van der Waals surface area contributed by atoms with E-state index < -0.39 is 8.30 Å². The number of ether oxygens (including phenoxy) is 1. The van der Waals surface area contributed by atoms with Gasteiger partial charge in [0, 0.05) is 17.7 Å². The Labute approximate surface area is 152 Å². The minimum atomic E-state index is -1.14. The maximum absolute atomic E-state index is 12.3. The molecule has 1 aromatic heterocycles. The highest BCUT2D eigenvalue weighted by Crippen LogP contribution is 2.35. The molecule has 0 fully saturated rings. The van der Waals surface area contributed by atoms with Gasteiger partial charge in [-0.05, 0) is 53.9 Å². The van der Waals surface area contributed by atoms with Gasteiger partial charge in [0.15, 0.2) is 6.20 Å². The third kappa shape index (κ3) is 5.00. The van der Waals surface area contributed by atoms with Crippen molar-refractivity contribution in [1.82, 2.24) is 0 Å². The van der Waals surface area contributed by atoms with Crippen LogP contribution in [0.2, 0.25) is 0 Å². The monoisotopic (exact) mass is 490 g/mol. The van der Waals surface area contributed by atoms with E-state index in [0.29, 0.717) is 5.56 Å². The van der Waals surface area contributed by atoms with Crippen molar-refractivity contribution in [3.8, 4) is 0 Å². The van der Waals surface area contributed by atoms with Gasteiger partial charge in [0.25, 0.3) is 8.02 Å². The number of esters is 1. The smallest absolute Gasteiger partial charge is 0.406 e. The summed E-state index contributed by atoms with van der Waals surface area (Å²) >= 11 is 9.31. The molecule has 2 rings (SSSR count). The van der Waals surface area contributed by atoms with Crippen molar-refractivity contribution in [3.05, 3.63) is 66.0 Å². The number of carbonyl (C=O) groups is 2. The average molecular weight is 493 g/mol. The summed E-state index contributed by atoms with van der Waals surface area (Å²) in [5.41, 5.74) is 0.864. The average Bonchev–Trinajstić information content (AvgIpc) is 2.47. The first-order valence-electron chi connectivity index (χ1n) is 6.23. The molecular formula is C15H11Br3NO3+. The van der Waals surface area contributed by atoms with Gasteiger partial charge in [-0.2, -0.15) is 4.57 Å². The van der Waals surface area contributed by atoms with E-state index in [0.717, 1.165) is 0 Å². The van der Waals surface area contributed by atoms with Crippen molar-refractivity contribution in [1.29, 1.82) is 0 Å². The fourth-order valence-corrected chi connectivity index (χ4v) is 2.27. The summed E-state index contributed by atoms with van der Waals surface area (Å²) in [6, 6.07) is 14.0. The van der Waals surface area contributed by atoms with Crippen LogP contribution in [0.5, 0.6) is 0 Å². The van der Waals surface area contributed by atoms with Gasteiger partial charge in [-0.25, -0.2) is 4.79 Å². The summed E-state index contributed by atoms with van der Waals surface area (Å²) in [4.78, 5) is 24.4. The molecule has 0 saturated carbocycles. The highest BCUT2D eigenvalue weighted by atomic mass is 80.0. The molecule has 7 heteroatoms. The third-order valence-corrected chi connectivity index (χ3v) is 3.25. The van der Waals surface area contributed by atoms with Gasteiger partial charge in [0.2, 0.25) is 12.3 Å². The van der Waals surface area contributed by atoms with Crippen molar-refractivity contribution in [2.24, 2.45) is 0 Å². The number of hydrogen-bond donors (Lipinski definition) is 0. The lowest BCUT2D eigenvalue weighted by molar-refractivity contribution is -0.685. The van der Waals surface area contributed by atoms with Crippen LogP contribution < -0.4 is 4.57 Å². The Hall–Kier alpha value is -1.05. The second-order valence-electron chi connectivity index (χ2n) is 4.34. The lowest BCUT2D eigenvalue weighted by Gasteiger charge is -2.12. The predicted octanol–water partition coefficient (Wildman–Crippen LogP) is 3.81. The molecule has 114 valence electrons. The fraction of sp³-hybridized carbons (Fsp3) is 0.133. The van der Waals surface area contributed by atoms with Crippen LogP contribution in [0.25, 0.3) is 0 Å². The number of hydrogen-bond acceptors (Lipinski definition) is 3. The molecule has 0 N–H and O–H groups in total. The van der Waals surface area contributed by atoms with Crippen molar-refractivity contribution in [3.63, 3.8) is 0 Å². The van der Waals surface area contributed by atoms with E-state index in [9.17, 15) is 9.59 Å². The number of aromatic nitrogens is 1.